The average molecular weight is 402 g/mol. The number of amides is 2. The van der Waals surface area contributed by atoms with Crippen molar-refractivity contribution in [3.8, 4) is 0 Å². The predicted octanol–water partition coefficient (Wildman–Crippen LogP) is 1.74. The van der Waals surface area contributed by atoms with Crippen LogP contribution in [-0.2, 0) is 32.7 Å². The molecule has 1 heterocycles. The van der Waals surface area contributed by atoms with Crippen LogP contribution in [0.2, 0.25) is 0 Å². The fraction of sp³-hybridized carbons (Fsp3) is 0.684. The summed E-state index contributed by atoms with van der Waals surface area (Å²) in [6.07, 6.45) is 1.94. The van der Waals surface area contributed by atoms with Gasteiger partial charge in [0.05, 0.1) is 31.7 Å². The van der Waals surface area contributed by atoms with Crippen LogP contribution in [0.1, 0.15) is 19.5 Å². The zero-order chi connectivity index (χ0) is 20.4. The predicted molar refractivity (Wildman–Crippen MR) is 106 cm³/mol. The minimum absolute atomic E-state index is 0.0172. The molecule has 0 spiro atoms. The molecule has 27 heavy (non-hydrogen) atoms. The van der Waals surface area contributed by atoms with Gasteiger partial charge in [0.15, 0.2) is 0 Å². The number of methoxy groups -OCH3 is 2. The third-order valence-electron chi connectivity index (χ3n) is 4.41. The van der Waals surface area contributed by atoms with Gasteiger partial charge in [-0.15, -0.1) is 11.6 Å². The van der Waals surface area contributed by atoms with Gasteiger partial charge in [-0.1, -0.05) is 0 Å². The summed E-state index contributed by atoms with van der Waals surface area (Å²) in [5, 5.41) is 0. The molecule has 0 radical (unpaired) electrons. The van der Waals surface area contributed by atoms with Crippen molar-refractivity contribution in [2.45, 2.75) is 20.4 Å². The molecule has 0 aliphatic heterocycles. The van der Waals surface area contributed by atoms with Gasteiger partial charge < -0.3 is 23.8 Å². The van der Waals surface area contributed by atoms with E-state index in [0.717, 1.165) is 5.69 Å². The Morgan fingerprint density at radius 1 is 1.15 bits per heavy atom. The van der Waals surface area contributed by atoms with Crippen molar-refractivity contribution in [1.29, 1.82) is 0 Å². The monoisotopic (exact) mass is 401 g/mol. The largest absolute Gasteiger partial charge is 0.383 e. The summed E-state index contributed by atoms with van der Waals surface area (Å²) in [5.41, 5.74) is 0.265. The first kappa shape index (κ1) is 23.5. The summed E-state index contributed by atoms with van der Waals surface area (Å²) in [4.78, 5) is 29.0. The Morgan fingerprint density at radius 3 is 2.22 bits per heavy atom. The molecule has 0 aliphatic carbocycles. The van der Waals surface area contributed by atoms with Gasteiger partial charge in [0, 0.05) is 52.1 Å². The molecule has 1 rings (SSSR count). The van der Waals surface area contributed by atoms with E-state index >= 15 is 0 Å². The molecule has 2 amide bonds. The number of rotatable bonds is 12. The first-order valence-electron chi connectivity index (χ1n) is 8.98. The second kappa shape index (κ2) is 11.3. The Hall–Kier alpha value is -1.57. The van der Waals surface area contributed by atoms with Gasteiger partial charge in [0.25, 0.3) is 0 Å². The van der Waals surface area contributed by atoms with E-state index in [1.807, 2.05) is 29.9 Å². The number of carbonyl (C=O) groups excluding carboxylic acids is 2. The molecule has 0 saturated carbocycles. The highest BCUT2D eigenvalue weighted by atomic mass is 35.5. The molecule has 0 fully saturated rings. The van der Waals surface area contributed by atoms with Crippen LogP contribution in [-0.4, -0.2) is 79.1 Å². The lowest BCUT2D eigenvalue weighted by Gasteiger charge is -2.32. The Balaban J connectivity index is 2.92. The van der Waals surface area contributed by atoms with Gasteiger partial charge in [0.2, 0.25) is 11.8 Å². The highest BCUT2D eigenvalue weighted by molar-refractivity contribution is 6.19. The average Bonchev–Trinajstić information content (AvgIpc) is 3.05. The van der Waals surface area contributed by atoms with Crippen molar-refractivity contribution in [1.82, 2.24) is 14.4 Å². The van der Waals surface area contributed by atoms with Gasteiger partial charge in [-0.3, -0.25) is 9.59 Å². The number of hydrogen-bond acceptors (Lipinski definition) is 4. The first-order chi connectivity index (χ1) is 12.8. The second-order valence-corrected chi connectivity index (χ2v) is 7.42. The van der Waals surface area contributed by atoms with Crippen molar-refractivity contribution in [2.24, 2.45) is 12.5 Å². The van der Waals surface area contributed by atoms with E-state index in [2.05, 4.69) is 0 Å². The first-order valence-corrected chi connectivity index (χ1v) is 9.51. The molecule has 0 saturated heterocycles. The molecular weight excluding hydrogens is 370 g/mol. The van der Waals surface area contributed by atoms with E-state index in [1.54, 1.807) is 33.0 Å². The van der Waals surface area contributed by atoms with Crippen LogP contribution in [0.4, 0.5) is 0 Å². The third-order valence-corrected chi connectivity index (χ3v) is 5.08. The molecule has 0 unspecified atom stereocenters. The molecule has 0 aliphatic rings. The summed E-state index contributed by atoms with van der Waals surface area (Å²) >= 11 is 5.95. The lowest BCUT2D eigenvalue weighted by atomic mass is 9.94. The summed E-state index contributed by atoms with van der Waals surface area (Å²) < 4.78 is 12.2. The van der Waals surface area contributed by atoms with E-state index in [4.69, 9.17) is 21.1 Å². The van der Waals surface area contributed by atoms with Crippen molar-refractivity contribution < 1.29 is 19.1 Å². The number of aromatic nitrogens is 1. The molecule has 0 bridgehead atoms. The van der Waals surface area contributed by atoms with Gasteiger partial charge in [-0.2, -0.15) is 0 Å². The van der Waals surface area contributed by atoms with Crippen molar-refractivity contribution in [3.05, 3.63) is 24.0 Å². The normalized spacial score (nSPS) is 11.5. The molecule has 0 aromatic carbocycles. The van der Waals surface area contributed by atoms with Gasteiger partial charge in [-0.05, 0) is 26.0 Å². The molecule has 1 aromatic heterocycles. The Kier molecular flexibility index (Phi) is 9.83. The van der Waals surface area contributed by atoms with E-state index in [1.165, 1.54) is 4.90 Å². The Labute approximate surface area is 167 Å². The number of aryl methyl sites for hydroxylation is 1. The van der Waals surface area contributed by atoms with Gasteiger partial charge >= 0.3 is 0 Å². The number of hydrogen-bond donors (Lipinski definition) is 0. The third kappa shape index (κ3) is 7.16. The van der Waals surface area contributed by atoms with E-state index in [-0.39, 0.29) is 24.2 Å². The minimum atomic E-state index is -0.745. The van der Waals surface area contributed by atoms with Gasteiger partial charge in [-0.25, -0.2) is 0 Å². The Bertz CT molecular complexity index is 604. The van der Waals surface area contributed by atoms with Crippen LogP contribution in [0, 0.1) is 5.41 Å². The van der Waals surface area contributed by atoms with Crippen LogP contribution in [0.15, 0.2) is 18.3 Å². The van der Waals surface area contributed by atoms with Gasteiger partial charge in [0.1, 0.15) is 0 Å². The standard InChI is InChI=1S/C19H32ClN3O4/c1-19(2,15-20)18(25)23(10-12-27-5)14-17(24)22(9-11-26-4)13-16-7-6-8-21(16)3/h6-8H,9-15H2,1-5H3. The topological polar surface area (TPSA) is 64.0 Å². The van der Waals surface area contributed by atoms with E-state index < -0.39 is 5.41 Å². The summed E-state index contributed by atoms with van der Waals surface area (Å²) in [6.45, 7) is 5.56. The quantitative estimate of drug-likeness (QED) is 0.500. The highest BCUT2D eigenvalue weighted by Gasteiger charge is 2.33. The maximum absolute atomic E-state index is 13.0. The zero-order valence-electron chi connectivity index (χ0n) is 17.0. The SMILES string of the molecule is COCCN(Cc1cccn1C)C(=O)CN(CCOC)C(=O)C(C)(C)CCl. The molecule has 154 valence electrons. The Morgan fingerprint density at radius 2 is 1.74 bits per heavy atom. The number of carbonyl (C=O) groups is 2. The molecule has 0 N–H and O–H groups in total. The maximum atomic E-state index is 13.0. The summed E-state index contributed by atoms with van der Waals surface area (Å²) in [6, 6.07) is 3.91. The van der Waals surface area contributed by atoms with Crippen LogP contribution in [0.25, 0.3) is 0 Å². The van der Waals surface area contributed by atoms with Crippen LogP contribution < -0.4 is 0 Å². The maximum Gasteiger partial charge on any atom is 0.242 e. The highest BCUT2D eigenvalue weighted by Crippen LogP contribution is 2.21. The van der Waals surface area contributed by atoms with E-state index in [0.29, 0.717) is 32.8 Å². The molecule has 0 atom stereocenters. The molecule has 1 aromatic rings. The van der Waals surface area contributed by atoms with Crippen molar-refractivity contribution in [3.63, 3.8) is 0 Å². The number of ether oxygens (including phenoxy) is 2. The zero-order valence-corrected chi connectivity index (χ0v) is 17.8. The smallest absolute Gasteiger partial charge is 0.242 e. The fourth-order valence-corrected chi connectivity index (χ4v) is 2.67. The molecular formula is C19H32ClN3O4. The molecule has 8 heteroatoms. The number of alkyl halides is 1. The lowest BCUT2D eigenvalue weighted by molar-refractivity contribution is -0.146. The van der Waals surface area contributed by atoms with Crippen molar-refractivity contribution in [2.75, 3.05) is 52.9 Å². The fourth-order valence-electron chi connectivity index (χ4n) is 2.55. The number of halogens is 1. The summed E-state index contributed by atoms with van der Waals surface area (Å²) in [5.74, 6) is -0.114. The van der Waals surface area contributed by atoms with Crippen molar-refractivity contribution >= 4 is 23.4 Å². The molecule has 7 nitrogen and oxygen atoms in total. The summed E-state index contributed by atoms with van der Waals surface area (Å²) in [7, 11) is 5.10. The van der Waals surface area contributed by atoms with Crippen LogP contribution in [0.3, 0.4) is 0 Å². The lowest BCUT2D eigenvalue weighted by Crippen LogP contribution is -2.49. The minimum Gasteiger partial charge on any atom is -0.383 e. The number of nitrogens with zero attached hydrogens (tertiary/aromatic N) is 3. The van der Waals surface area contributed by atoms with E-state index in [9.17, 15) is 9.59 Å². The van der Waals surface area contributed by atoms with Crippen LogP contribution in [0.5, 0.6) is 0 Å². The second-order valence-electron chi connectivity index (χ2n) is 7.16. The van der Waals surface area contributed by atoms with Crippen LogP contribution >= 0.6 is 11.6 Å².